The number of rotatable bonds is 7. The lowest BCUT2D eigenvalue weighted by Crippen LogP contribution is -2.35. The van der Waals surface area contributed by atoms with Crippen LogP contribution in [0, 0.1) is 15.9 Å². The fourth-order valence-corrected chi connectivity index (χ4v) is 1.63. The Balaban J connectivity index is 3.33. The molecule has 0 aliphatic carbocycles. The highest BCUT2D eigenvalue weighted by Gasteiger charge is 2.24. The maximum absolute atomic E-state index is 13.9. The zero-order chi connectivity index (χ0) is 16.2. The predicted octanol–water partition coefficient (Wildman–Crippen LogP) is 0.718. The van der Waals surface area contributed by atoms with Crippen LogP contribution in [0.4, 0.5) is 15.8 Å². The van der Waals surface area contributed by atoms with Crippen LogP contribution in [0.5, 0.6) is 5.75 Å². The molecule has 0 radical (unpaired) electrons. The normalized spacial score (nSPS) is 10.0. The number of nitro benzene ring substituents is 1. The first-order valence-corrected chi connectivity index (χ1v) is 5.46. The number of benzene rings is 1. The molecule has 0 saturated carbocycles. The quantitative estimate of drug-likeness (QED) is 0.556. The number of halogens is 1. The molecule has 0 saturated heterocycles. The van der Waals surface area contributed by atoms with Gasteiger partial charge in [0.1, 0.15) is 13.1 Å². The number of carboxylic acids is 2. The molecule has 0 heterocycles. The molecule has 0 atom stereocenters. The van der Waals surface area contributed by atoms with Gasteiger partial charge in [-0.15, -0.1) is 0 Å². The topological polar surface area (TPSA) is 130 Å². The van der Waals surface area contributed by atoms with Crippen LogP contribution in [0.15, 0.2) is 12.1 Å². The highest BCUT2D eigenvalue weighted by atomic mass is 19.1. The van der Waals surface area contributed by atoms with Crippen molar-refractivity contribution in [3.05, 3.63) is 28.1 Å². The van der Waals surface area contributed by atoms with E-state index in [2.05, 4.69) is 0 Å². The second-order valence-electron chi connectivity index (χ2n) is 3.88. The zero-order valence-corrected chi connectivity index (χ0v) is 10.8. The minimum absolute atomic E-state index is 0.308. The molecule has 9 nitrogen and oxygen atoms in total. The Kier molecular flexibility index (Phi) is 5.00. The van der Waals surface area contributed by atoms with Crippen molar-refractivity contribution in [1.29, 1.82) is 0 Å². The third-order valence-electron chi connectivity index (χ3n) is 2.44. The molecular formula is C11H11FN2O7. The molecule has 0 unspecified atom stereocenters. The van der Waals surface area contributed by atoms with Crippen molar-refractivity contribution in [2.24, 2.45) is 0 Å². The number of carbonyl (C=O) groups is 2. The summed E-state index contributed by atoms with van der Waals surface area (Å²) in [4.78, 5) is 32.0. The molecule has 1 aromatic carbocycles. The van der Waals surface area contributed by atoms with E-state index in [1.807, 2.05) is 0 Å². The van der Waals surface area contributed by atoms with Crippen LogP contribution in [0.25, 0.3) is 0 Å². The van der Waals surface area contributed by atoms with Crippen molar-refractivity contribution in [3.8, 4) is 5.75 Å². The number of nitro groups is 1. The van der Waals surface area contributed by atoms with Crippen molar-refractivity contribution in [2.75, 3.05) is 25.1 Å². The van der Waals surface area contributed by atoms with Crippen molar-refractivity contribution >= 4 is 23.3 Å². The van der Waals surface area contributed by atoms with Gasteiger partial charge in [-0.05, 0) is 0 Å². The first kappa shape index (κ1) is 16.1. The van der Waals surface area contributed by atoms with Gasteiger partial charge in [0.15, 0.2) is 11.6 Å². The first-order valence-electron chi connectivity index (χ1n) is 5.46. The molecular weight excluding hydrogens is 291 g/mol. The van der Waals surface area contributed by atoms with E-state index in [0.717, 1.165) is 13.2 Å². The predicted molar refractivity (Wildman–Crippen MR) is 67.1 cm³/mol. The molecule has 0 bridgehead atoms. The van der Waals surface area contributed by atoms with Crippen LogP contribution in [0.3, 0.4) is 0 Å². The Bertz CT molecular complexity index is 574. The van der Waals surface area contributed by atoms with E-state index >= 15 is 0 Å². The minimum Gasteiger partial charge on any atom is -0.490 e. The van der Waals surface area contributed by atoms with Gasteiger partial charge in [-0.1, -0.05) is 0 Å². The molecule has 1 rings (SSSR count). The number of nitrogens with zero attached hydrogens (tertiary/aromatic N) is 2. The minimum atomic E-state index is -1.38. The maximum atomic E-state index is 13.9. The summed E-state index contributed by atoms with van der Waals surface area (Å²) in [5, 5.41) is 28.2. The van der Waals surface area contributed by atoms with E-state index in [0.29, 0.717) is 11.0 Å². The second-order valence-corrected chi connectivity index (χ2v) is 3.88. The summed E-state index contributed by atoms with van der Waals surface area (Å²) >= 11 is 0. The highest BCUT2D eigenvalue weighted by Crippen LogP contribution is 2.34. The summed E-state index contributed by atoms with van der Waals surface area (Å²) in [6, 6.07) is 1.43. The van der Waals surface area contributed by atoms with E-state index in [4.69, 9.17) is 14.9 Å². The average Bonchev–Trinajstić information content (AvgIpc) is 2.36. The van der Waals surface area contributed by atoms with Gasteiger partial charge in [-0.3, -0.25) is 19.7 Å². The van der Waals surface area contributed by atoms with Crippen molar-refractivity contribution in [3.63, 3.8) is 0 Å². The van der Waals surface area contributed by atoms with Crippen molar-refractivity contribution in [1.82, 2.24) is 0 Å². The van der Waals surface area contributed by atoms with Crippen LogP contribution in [0.2, 0.25) is 0 Å². The van der Waals surface area contributed by atoms with Crippen LogP contribution in [0.1, 0.15) is 0 Å². The van der Waals surface area contributed by atoms with E-state index < -0.39 is 47.1 Å². The van der Waals surface area contributed by atoms with Gasteiger partial charge in [-0.25, -0.2) is 4.39 Å². The summed E-state index contributed by atoms with van der Waals surface area (Å²) in [6.45, 7) is -1.58. The molecule has 1 aromatic rings. The molecule has 0 aromatic heterocycles. The smallest absolute Gasteiger partial charge is 0.323 e. The van der Waals surface area contributed by atoms with E-state index in [9.17, 15) is 24.1 Å². The van der Waals surface area contributed by atoms with Gasteiger partial charge < -0.3 is 19.8 Å². The number of ether oxygens (including phenoxy) is 1. The van der Waals surface area contributed by atoms with E-state index in [1.165, 1.54) is 0 Å². The number of hydrogen-bond donors (Lipinski definition) is 2. The standard InChI is InChI=1S/C11H11FN2O7/c1-21-9-3-7(6(12)2-8(9)14(19)20)13(4-10(15)16)5-11(17)18/h2-3H,4-5H2,1H3,(H,15,16)(H,17,18). The third kappa shape index (κ3) is 4.03. The SMILES string of the molecule is COc1cc(N(CC(=O)O)CC(=O)O)c(F)cc1[N+](=O)[O-]. The second kappa shape index (κ2) is 6.50. The fraction of sp³-hybridized carbons (Fsp3) is 0.273. The summed E-state index contributed by atoms with van der Waals surface area (Å²) < 4.78 is 18.6. The van der Waals surface area contributed by atoms with Gasteiger partial charge in [0.2, 0.25) is 0 Å². The van der Waals surface area contributed by atoms with Gasteiger partial charge in [-0.2, -0.15) is 0 Å². The number of hydrogen-bond acceptors (Lipinski definition) is 6. The Morgan fingerprint density at radius 2 is 1.86 bits per heavy atom. The average molecular weight is 302 g/mol. The third-order valence-corrected chi connectivity index (χ3v) is 2.44. The number of aliphatic carboxylic acids is 2. The van der Waals surface area contributed by atoms with E-state index in [-0.39, 0.29) is 5.75 Å². The Morgan fingerprint density at radius 1 is 1.33 bits per heavy atom. The van der Waals surface area contributed by atoms with Crippen LogP contribution in [-0.4, -0.2) is 47.3 Å². The fourth-order valence-electron chi connectivity index (χ4n) is 1.63. The van der Waals surface area contributed by atoms with E-state index in [1.54, 1.807) is 0 Å². The Morgan fingerprint density at radius 3 is 2.24 bits per heavy atom. The van der Waals surface area contributed by atoms with Gasteiger partial charge >= 0.3 is 17.6 Å². The number of methoxy groups -OCH3 is 1. The van der Waals surface area contributed by atoms with Gasteiger partial charge in [0.25, 0.3) is 0 Å². The van der Waals surface area contributed by atoms with Crippen LogP contribution < -0.4 is 9.64 Å². The lowest BCUT2D eigenvalue weighted by atomic mass is 10.2. The van der Waals surface area contributed by atoms with Gasteiger partial charge in [0, 0.05) is 6.07 Å². The molecule has 0 amide bonds. The summed E-state index contributed by atoms with van der Waals surface area (Å²) in [5.74, 6) is -4.19. The lowest BCUT2D eigenvalue weighted by Gasteiger charge is -2.21. The first-order chi connectivity index (χ1) is 9.76. The summed E-state index contributed by atoms with van der Waals surface area (Å²) in [6.07, 6.45) is 0. The Labute approximate surface area is 117 Å². The molecule has 114 valence electrons. The molecule has 0 spiro atoms. The monoisotopic (exact) mass is 302 g/mol. The van der Waals surface area contributed by atoms with Crippen molar-refractivity contribution in [2.45, 2.75) is 0 Å². The maximum Gasteiger partial charge on any atom is 0.323 e. The molecule has 10 heteroatoms. The zero-order valence-electron chi connectivity index (χ0n) is 10.8. The van der Waals surface area contributed by atoms with Gasteiger partial charge in [0.05, 0.1) is 23.8 Å². The molecule has 0 aliphatic rings. The summed E-state index contributed by atoms with van der Waals surface area (Å²) in [7, 11) is 1.11. The van der Waals surface area contributed by atoms with Crippen LogP contribution >= 0.6 is 0 Å². The van der Waals surface area contributed by atoms with Crippen molar-refractivity contribution < 1.29 is 33.9 Å². The number of carboxylic acid groups (broad SMARTS) is 2. The Hall–Kier alpha value is -2.91. The molecule has 2 N–H and O–H groups in total. The van der Waals surface area contributed by atoms with Crippen LogP contribution in [-0.2, 0) is 9.59 Å². The largest absolute Gasteiger partial charge is 0.490 e. The summed E-state index contributed by atoms with van der Waals surface area (Å²) in [5.41, 5.74) is -1.06. The molecule has 21 heavy (non-hydrogen) atoms. The number of anilines is 1. The molecule has 0 fully saturated rings. The lowest BCUT2D eigenvalue weighted by molar-refractivity contribution is -0.385. The highest BCUT2D eigenvalue weighted by molar-refractivity contribution is 5.80. The molecule has 0 aliphatic heterocycles.